The lowest BCUT2D eigenvalue weighted by Crippen LogP contribution is -2.45. The first-order valence-electron chi connectivity index (χ1n) is 6.64. The van der Waals surface area contributed by atoms with Gasteiger partial charge in [0.2, 0.25) is 0 Å². The number of carboxylic acid groups (broad SMARTS) is 1. The van der Waals surface area contributed by atoms with Gasteiger partial charge in [0.15, 0.2) is 0 Å². The summed E-state index contributed by atoms with van der Waals surface area (Å²) in [6.07, 6.45) is 8.12. The van der Waals surface area contributed by atoms with E-state index in [-0.39, 0.29) is 6.04 Å². The fraction of sp³-hybridized carbons (Fsp3) is 0.923. The van der Waals surface area contributed by atoms with Crippen molar-refractivity contribution < 1.29 is 9.90 Å². The van der Waals surface area contributed by atoms with Crippen molar-refractivity contribution in [3.63, 3.8) is 0 Å². The van der Waals surface area contributed by atoms with Gasteiger partial charge in [0, 0.05) is 6.04 Å². The van der Waals surface area contributed by atoms with Gasteiger partial charge in [-0.05, 0) is 32.1 Å². The largest absolute Gasteiger partial charge is 0.480 e. The van der Waals surface area contributed by atoms with Crippen molar-refractivity contribution in [3.8, 4) is 0 Å². The van der Waals surface area contributed by atoms with Crippen molar-refractivity contribution in [1.29, 1.82) is 0 Å². The van der Waals surface area contributed by atoms with Crippen LogP contribution in [0.5, 0.6) is 0 Å². The quantitative estimate of drug-likeness (QED) is 0.733. The number of nitrogens with one attached hydrogen (secondary N) is 1. The van der Waals surface area contributed by atoms with Crippen molar-refractivity contribution in [2.75, 3.05) is 0 Å². The van der Waals surface area contributed by atoms with Crippen LogP contribution in [0, 0.1) is 5.92 Å². The first-order chi connectivity index (χ1) is 7.65. The molecule has 2 N–H and O–H groups in total. The van der Waals surface area contributed by atoms with Gasteiger partial charge in [-0.2, -0.15) is 0 Å². The Morgan fingerprint density at radius 3 is 2.50 bits per heavy atom. The number of hydrogen-bond acceptors (Lipinski definition) is 2. The molecule has 1 rings (SSSR count). The highest BCUT2D eigenvalue weighted by atomic mass is 16.4. The van der Waals surface area contributed by atoms with Gasteiger partial charge in [-0.3, -0.25) is 4.79 Å². The van der Waals surface area contributed by atoms with E-state index < -0.39 is 5.97 Å². The topological polar surface area (TPSA) is 49.3 Å². The van der Waals surface area contributed by atoms with Gasteiger partial charge in [0.25, 0.3) is 0 Å². The van der Waals surface area contributed by atoms with Gasteiger partial charge in [-0.1, -0.05) is 32.6 Å². The van der Waals surface area contributed by atoms with E-state index in [1.807, 2.05) is 6.92 Å². The molecule has 16 heavy (non-hydrogen) atoms. The minimum Gasteiger partial charge on any atom is -0.480 e. The van der Waals surface area contributed by atoms with Crippen LogP contribution in [0.25, 0.3) is 0 Å². The van der Waals surface area contributed by atoms with Crippen molar-refractivity contribution in [3.05, 3.63) is 0 Å². The van der Waals surface area contributed by atoms with Gasteiger partial charge < -0.3 is 10.4 Å². The lowest BCUT2D eigenvalue weighted by atomic mass is 9.84. The molecule has 1 aliphatic carbocycles. The molecule has 0 aromatic rings. The fourth-order valence-corrected chi connectivity index (χ4v) is 2.65. The van der Waals surface area contributed by atoms with Crippen LogP contribution in [0.3, 0.4) is 0 Å². The maximum atomic E-state index is 11.0. The molecular formula is C13H25NO2. The molecule has 3 heteroatoms. The first-order valence-corrected chi connectivity index (χ1v) is 6.64. The van der Waals surface area contributed by atoms with E-state index in [4.69, 9.17) is 5.11 Å². The number of aliphatic carboxylic acids is 1. The summed E-state index contributed by atoms with van der Waals surface area (Å²) in [5.41, 5.74) is 0. The van der Waals surface area contributed by atoms with Crippen LogP contribution in [0.1, 0.15) is 58.8 Å². The molecule has 94 valence electrons. The van der Waals surface area contributed by atoms with Crippen molar-refractivity contribution >= 4 is 5.97 Å². The van der Waals surface area contributed by atoms with Crippen molar-refractivity contribution in [2.45, 2.75) is 70.9 Å². The maximum Gasteiger partial charge on any atom is 0.320 e. The summed E-state index contributed by atoms with van der Waals surface area (Å²) in [7, 11) is 0. The summed E-state index contributed by atoms with van der Waals surface area (Å²) in [4.78, 5) is 11.0. The minimum atomic E-state index is -0.704. The van der Waals surface area contributed by atoms with Gasteiger partial charge in [-0.15, -0.1) is 0 Å². The Morgan fingerprint density at radius 2 is 2.00 bits per heavy atom. The Kier molecular flexibility index (Phi) is 5.81. The molecule has 1 fully saturated rings. The lowest BCUT2D eigenvalue weighted by molar-refractivity contribution is -0.140. The Balaban J connectivity index is 2.39. The second-order valence-corrected chi connectivity index (χ2v) is 5.03. The highest BCUT2D eigenvalue weighted by Crippen LogP contribution is 2.26. The van der Waals surface area contributed by atoms with E-state index in [2.05, 4.69) is 12.2 Å². The molecule has 0 saturated heterocycles. The SMILES string of the molecule is CCCC(NC(C)C1CCCCC1)C(=O)O. The van der Waals surface area contributed by atoms with Crippen LogP contribution in [-0.2, 0) is 4.79 Å². The average Bonchev–Trinajstić information content (AvgIpc) is 2.29. The third-order valence-electron chi connectivity index (χ3n) is 3.70. The zero-order chi connectivity index (χ0) is 12.0. The van der Waals surface area contributed by atoms with Crippen LogP contribution < -0.4 is 5.32 Å². The number of hydrogen-bond donors (Lipinski definition) is 2. The molecule has 0 aromatic carbocycles. The normalized spacial score (nSPS) is 21.6. The summed E-state index contributed by atoms with van der Waals surface area (Å²) in [5.74, 6) is -0.0306. The van der Waals surface area contributed by atoms with E-state index in [0.29, 0.717) is 12.0 Å². The number of rotatable bonds is 6. The zero-order valence-electron chi connectivity index (χ0n) is 10.5. The van der Waals surface area contributed by atoms with Crippen molar-refractivity contribution in [1.82, 2.24) is 5.32 Å². The van der Waals surface area contributed by atoms with Crippen LogP contribution in [0.2, 0.25) is 0 Å². The molecule has 0 radical (unpaired) electrons. The summed E-state index contributed by atoms with van der Waals surface area (Å²) in [6.45, 7) is 4.17. The van der Waals surface area contributed by atoms with E-state index in [1.165, 1.54) is 32.1 Å². The fourth-order valence-electron chi connectivity index (χ4n) is 2.65. The second kappa shape index (κ2) is 6.89. The first kappa shape index (κ1) is 13.5. The van der Waals surface area contributed by atoms with Gasteiger partial charge in [0.05, 0.1) is 0 Å². The van der Waals surface area contributed by atoms with Gasteiger partial charge in [-0.25, -0.2) is 0 Å². The van der Waals surface area contributed by atoms with Crippen LogP contribution in [0.4, 0.5) is 0 Å². The molecule has 2 atom stereocenters. The predicted octanol–water partition coefficient (Wildman–Crippen LogP) is 2.80. The predicted molar refractivity (Wildman–Crippen MR) is 65.5 cm³/mol. The number of carbonyl (C=O) groups is 1. The summed E-state index contributed by atoms with van der Waals surface area (Å²) in [6, 6.07) is -0.0186. The minimum absolute atomic E-state index is 0.341. The highest BCUT2D eigenvalue weighted by Gasteiger charge is 2.24. The third-order valence-corrected chi connectivity index (χ3v) is 3.70. The molecule has 1 aliphatic rings. The van der Waals surface area contributed by atoms with E-state index in [0.717, 1.165) is 12.8 Å². The Morgan fingerprint density at radius 1 is 1.38 bits per heavy atom. The summed E-state index contributed by atoms with van der Waals surface area (Å²) >= 11 is 0. The molecule has 0 bridgehead atoms. The molecule has 2 unspecified atom stereocenters. The van der Waals surface area contributed by atoms with Crippen LogP contribution in [-0.4, -0.2) is 23.2 Å². The summed E-state index contributed by atoms with van der Waals surface area (Å²) in [5, 5.41) is 12.4. The number of carboxylic acids is 1. The monoisotopic (exact) mass is 227 g/mol. The van der Waals surface area contributed by atoms with E-state index >= 15 is 0 Å². The van der Waals surface area contributed by atoms with E-state index in [1.54, 1.807) is 0 Å². The van der Waals surface area contributed by atoms with Gasteiger partial charge >= 0.3 is 5.97 Å². The smallest absolute Gasteiger partial charge is 0.320 e. The molecular weight excluding hydrogens is 202 g/mol. The Hall–Kier alpha value is -0.570. The van der Waals surface area contributed by atoms with Crippen LogP contribution >= 0.6 is 0 Å². The molecule has 0 amide bonds. The highest BCUT2D eigenvalue weighted by molar-refractivity contribution is 5.73. The van der Waals surface area contributed by atoms with Gasteiger partial charge in [0.1, 0.15) is 6.04 Å². The second-order valence-electron chi connectivity index (χ2n) is 5.03. The maximum absolute atomic E-state index is 11.0. The standard InChI is InChI=1S/C13H25NO2/c1-3-7-12(13(15)16)14-10(2)11-8-5-4-6-9-11/h10-12,14H,3-9H2,1-2H3,(H,15,16). The molecule has 3 nitrogen and oxygen atoms in total. The summed E-state index contributed by atoms with van der Waals surface area (Å²) < 4.78 is 0. The molecule has 1 saturated carbocycles. The molecule has 0 aromatic heterocycles. The molecule has 0 aliphatic heterocycles. The van der Waals surface area contributed by atoms with Crippen molar-refractivity contribution in [2.24, 2.45) is 5.92 Å². The zero-order valence-corrected chi connectivity index (χ0v) is 10.5. The Bertz CT molecular complexity index is 212. The van der Waals surface area contributed by atoms with Crippen LogP contribution in [0.15, 0.2) is 0 Å². The molecule has 0 spiro atoms. The third kappa shape index (κ3) is 4.12. The lowest BCUT2D eigenvalue weighted by Gasteiger charge is -2.30. The van der Waals surface area contributed by atoms with E-state index in [9.17, 15) is 4.79 Å². The average molecular weight is 227 g/mol. The molecule has 0 heterocycles. The Labute approximate surface area is 98.6 Å².